The van der Waals surface area contributed by atoms with Crippen molar-refractivity contribution >= 4 is 14.0 Å². The van der Waals surface area contributed by atoms with Crippen LogP contribution in [0.25, 0.3) is 0 Å². The molecule has 0 aliphatic carbocycles. The van der Waals surface area contributed by atoms with Gasteiger partial charge in [-0.25, -0.2) is 4.79 Å². The Bertz CT molecular complexity index is 323. The number of hydrogen-bond acceptors (Lipinski definition) is 3. The van der Waals surface area contributed by atoms with Crippen molar-refractivity contribution in [2.45, 2.75) is 58.7 Å². The zero-order chi connectivity index (χ0) is 14.0. The fraction of sp³-hybridized carbons (Fsp3) is 0.786. The maximum absolute atomic E-state index is 11.3. The van der Waals surface area contributed by atoms with Crippen LogP contribution in [0.15, 0.2) is 12.2 Å². The molecule has 0 saturated carbocycles. The van der Waals surface area contributed by atoms with Gasteiger partial charge in [0.25, 0.3) is 0 Å². The molecule has 1 aliphatic heterocycles. The van der Waals surface area contributed by atoms with Gasteiger partial charge in [-0.15, -0.1) is 0 Å². The van der Waals surface area contributed by atoms with Crippen LogP contribution in [0.1, 0.15) is 20.8 Å². The summed E-state index contributed by atoms with van der Waals surface area (Å²) in [5, 5.41) is 0. The van der Waals surface area contributed by atoms with Crippen LogP contribution in [-0.2, 0) is 14.3 Å². The Balaban J connectivity index is 2.61. The normalized spacial score (nSPS) is 25.1. The largest absolute Gasteiger partial charge is 0.456 e. The Kier molecular flexibility index (Phi) is 4.78. The molecule has 1 rings (SSSR count). The summed E-state index contributed by atoms with van der Waals surface area (Å²) in [6.07, 6.45) is 3.00. The van der Waals surface area contributed by atoms with Crippen molar-refractivity contribution in [3.63, 3.8) is 0 Å². The molecule has 2 atom stereocenters. The lowest BCUT2D eigenvalue weighted by atomic mass is 9.84. The van der Waals surface area contributed by atoms with E-state index in [9.17, 15) is 4.79 Å². The van der Waals surface area contributed by atoms with Crippen LogP contribution in [-0.4, -0.2) is 32.9 Å². The van der Waals surface area contributed by atoms with E-state index >= 15 is 0 Å². The molecule has 0 N–H and O–H groups in total. The minimum Gasteiger partial charge on any atom is -0.456 e. The Morgan fingerprint density at radius 3 is 2.44 bits per heavy atom. The lowest BCUT2D eigenvalue weighted by Crippen LogP contribution is -2.44. The van der Waals surface area contributed by atoms with Crippen LogP contribution in [0.3, 0.4) is 0 Å². The summed E-state index contributed by atoms with van der Waals surface area (Å²) in [5.74, 6) is -0.264. The van der Waals surface area contributed by atoms with Crippen molar-refractivity contribution in [2.24, 2.45) is 5.41 Å². The second-order valence-electron chi connectivity index (χ2n) is 7.23. The lowest BCUT2D eigenvalue weighted by Gasteiger charge is -2.36. The summed E-state index contributed by atoms with van der Waals surface area (Å²) in [7, 11) is -1.08. The summed E-state index contributed by atoms with van der Waals surface area (Å²) >= 11 is 0. The highest BCUT2D eigenvalue weighted by atomic mass is 28.3. The number of cyclic esters (lactones) is 1. The van der Waals surface area contributed by atoms with Gasteiger partial charge >= 0.3 is 5.97 Å². The first-order valence-corrected chi connectivity index (χ1v) is 10.3. The topological polar surface area (TPSA) is 35.5 Å². The van der Waals surface area contributed by atoms with Crippen LogP contribution in [0.4, 0.5) is 0 Å². The van der Waals surface area contributed by atoms with E-state index in [1.54, 1.807) is 0 Å². The summed E-state index contributed by atoms with van der Waals surface area (Å²) in [5.41, 5.74) is -0.107. The third-order valence-electron chi connectivity index (χ3n) is 2.98. The Morgan fingerprint density at radius 1 is 1.33 bits per heavy atom. The first-order chi connectivity index (χ1) is 8.09. The number of carbonyl (C=O) groups excluding carboxylic acids is 1. The molecule has 0 fully saturated rings. The molecule has 0 unspecified atom stereocenters. The lowest BCUT2D eigenvalue weighted by molar-refractivity contribution is -0.161. The number of rotatable bonds is 4. The molecule has 104 valence electrons. The van der Waals surface area contributed by atoms with Gasteiger partial charge in [-0.1, -0.05) is 40.4 Å². The predicted octanol–water partition coefficient (Wildman–Crippen LogP) is 3.24. The van der Waals surface area contributed by atoms with Gasteiger partial charge in [0.05, 0.1) is 0 Å². The minimum atomic E-state index is -1.08. The van der Waals surface area contributed by atoms with Crippen molar-refractivity contribution < 1.29 is 14.3 Å². The SMILES string of the molecule is CC(C)(C)[C@H]1OC(=O)C=C[C@H]1OCC[Si](C)(C)C. The van der Waals surface area contributed by atoms with Crippen LogP contribution in [0, 0.1) is 5.41 Å². The molecule has 0 aromatic carbocycles. The summed E-state index contributed by atoms with van der Waals surface area (Å²) in [6, 6.07) is 1.13. The third kappa shape index (κ3) is 4.94. The molecule has 1 aliphatic rings. The van der Waals surface area contributed by atoms with Crippen molar-refractivity contribution in [2.75, 3.05) is 6.61 Å². The fourth-order valence-corrected chi connectivity index (χ4v) is 2.55. The highest BCUT2D eigenvalue weighted by Gasteiger charge is 2.37. The summed E-state index contributed by atoms with van der Waals surface area (Å²) in [4.78, 5) is 11.3. The van der Waals surface area contributed by atoms with E-state index in [0.29, 0.717) is 0 Å². The molecule has 0 aromatic rings. The number of carbonyl (C=O) groups is 1. The molecule has 3 nitrogen and oxygen atoms in total. The average molecular weight is 270 g/mol. The molecular formula is C14H26O3Si. The molecule has 4 heteroatoms. The smallest absolute Gasteiger partial charge is 0.330 e. The van der Waals surface area contributed by atoms with E-state index in [4.69, 9.17) is 9.47 Å². The molecule has 18 heavy (non-hydrogen) atoms. The number of esters is 1. The molecule has 0 amide bonds. The summed E-state index contributed by atoms with van der Waals surface area (Å²) in [6.45, 7) is 13.9. The maximum Gasteiger partial charge on any atom is 0.330 e. The van der Waals surface area contributed by atoms with Gasteiger partial charge in [0.15, 0.2) is 0 Å². The number of ether oxygens (including phenoxy) is 2. The zero-order valence-corrected chi connectivity index (χ0v) is 13.4. The van der Waals surface area contributed by atoms with Gasteiger partial charge in [-0.3, -0.25) is 0 Å². The van der Waals surface area contributed by atoms with Gasteiger partial charge in [0.2, 0.25) is 0 Å². The predicted molar refractivity (Wildman–Crippen MR) is 76.4 cm³/mol. The molecule has 0 aromatic heterocycles. The first kappa shape index (κ1) is 15.4. The van der Waals surface area contributed by atoms with E-state index in [1.807, 2.05) is 6.08 Å². The van der Waals surface area contributed by atoms with E-state index in [0.717, 1.165) is 12.7 Å². The van der Waals surface area contributed by atoms with E-state index in [2.05, 4.69) is 40.4 Å². The average Bonchev–Trinajstić information content (AvgIpc) is 2.17. The van der Waals surface area contributed by atoms with Gasteiger partial charge < -0.3 is 9.47 Å². The highest BCUT2D eigenvalue weighted by molar-refractivity contribution is 6.76. The monoisotopic (exact) mass is 270 g/mol. The maximum atomic E-state index is 11.3. The molecule has 0 saturated heterocycles. The quantitative estimate of drug-likeness (QED) is 0.581. The van der Waals surface area contributed by atoms with Gasteiger partial charge in [-0.05, 0) is 12.1 Å². The number of hydrogen-bond donors (Lipinski definition) is 0. The van der Waals surface area contributed by atoms with E-state index < -0.39 is 8.07 Å². The molecule has 0 spiro atoms. The van der Waals surface area contributed by atoms with Crippen molar-refractivity contribution in [3.8, 4) is 0 Å². The van der Waals surface area contributed by atoms with Gasteiger partial charge in [0, 0.05) is 26.2 Å². The van der Waals surface area contributed by atoms with Crippen molar-refractivity contribution in [3.05, 3.63) is 12.2 Å². The second-order valence-corrected chi connectivity index (χ2v) is 12.9. The Hall–Kier alpha value is -0.613. The fourth-order valence-electron chi connectivity index (χ4n) is 1.82. The molecule has 0 radical (unpaired) electrons. The second kappa shape index (κ2) is 5.57. The first-order valence-electron chi connectivity index (χ1n) is 6.60. The van der Waals surface area contributed by atoms with Gasteiger partial charge in [-0.2, -0.15) is 0 Å². The van der Waals surface area contributed by atoms with Crippen LogP contribution < -0.4 is 0 Å². The standard InChI is InChI=1S/C14H26O3Si/c1-14(2,3)13-11(7-8-12(15)17-13)16-9-10-18(4,5)6/h7-8,11,13H,9-10H2,1-6H3/t11-,13+/m1/s1. The van der Waals surface area contributed by atoms with Crippen LogP contribution in [0.2, 0.25) is 25.7 Å². The zero-order valence-electron chi connectivity index (χ0n) is 12.4. The van der Waals surface area contributed by atoms with Crippen molar-refractivity contribution in [1.82, 2.24) is 0 Å². The van der Waals surface area contributed by atoms with Crippen LogP contribution >= 0.6 is 0 Å². The van der Waals surface area contributed by atoms with E-state index in [-0.39, 0.29) is 23.6 Å². The van der Waals surface area contributed by atoms with Crippen molar-refractivity contribution in [1.29, 1.82) is 0 Å². The molecule has 1 heterocycles. The van der Waals surface area contributed by atoms with E-state index in [1.165, 1.54) is 6.08 Å². The molecular weight excluding hydrogens is 244 g/mol. The Morgan fingerprint density at radius 2 is 1.94 bits per heavy atom. The molecule has 0 bridgehead atoms. The third-order valence-corrected chi connectivity index (χ3v) is 4.68. The summed E-state index contributed by atoms with van der Waals surface area (Å²) < 4.78 is 11.3. The Labute approximate surface area is 112 Å². The highest BCUT2D eigenvalue weighted by Crippen LogP contribution is 2.29. The van der Waals surface area contributed by atoms with Gasteiger partial charge in [0.1, 0.15) is 12.2 Å². The minimum absolute atomic E-state index is 0.107. The van der Waals surface area contributed by atoms with Crippen LogP contribution in [0.5, 0.6) is 0 Å².